The van der Waals surface area contributed by atoms with E-state index in [9.17, 15) is 4.79 Å². The fourth-order valence-electron chi connectivity index (χ4n) is 1.13. The highest BCUT2D eigenvalue weighted by Gasteiger charge is 2.06. The monoisotopic (exact) mass is 316 g/mol. The molecule has 0 spiro atoms. The Morgan fingerprint density at radius 3 is 2.82 bits per heavy atom. The lowest BCUT2D eigenvalue weighted by Crippen LogP contribution is -2.34. The van der Waals surface area contributed by atoms with Crippen molar-refractivity contribution in [2.24, 2.45) is 0 Å². The maximum atomic E-state index is 11.1. The highest BCUT2D eigenvalue weighted by molar-refractivity contribution is 9.10. The molecule has 0 fully saturated rings. The predicted molar refractivity (Wildman–Crippen MR) is 75.3 cm³/mol. The molecule has 0 saturated heterocycles. The molecule has 92 valence electrons. The zero-order valence-corrected chi connectivity index (χ0v) is 11.9. The van der Waals surface area contributed by atoms with Crippen LogP contribution in [0.5, 0.6) is 0 Å². The van der Waals surface area contributed by atoms with E-state index in [1.807, 2.05) is 25.1 Å². The van der Waals surface area contributed by atoms with Crippen LogP contribution >= 0.6 is 28.1 Å². The van der Waals surface area contributed by atoms with Crippen LogP contribution in [0.25, 0.3) is 0 Å². The van der Waals surface area contributed by atoms with Gasteiger partial charge in [-0.3, -0.25) is 5.32 Å². The number of nitrogens with one attached hydrogen (secondary N) is 2. The minimum absolute atomic E-state index is 0.202. The number of alkyl carbamates (subject to hydrolysis) is 1. The number of carbonyl (C=O) groups excluding carboxylic acids is 1. The molecule has 1 amide bonds. The molecule has 0 bridgehead atoms. The summed E-state index contributed by atoms with van der Waals surface area (Å²) in [5, 5.41) is 5.51. The van der Waals surface area contributed by atoms with Crippen molar-refractivity contribution in [1.82, 2.24) is 5.32 Å². The number of rotatable bonds is 2. The lowest BCUT2D eigenvalue weighted by molar-refractivity contribution is 0.158. The Morgan fingerprint density at radius 2 is 2.24 bits per heavy atom. The third-order valence-corrected chi connectivity index (χ3v) is 2.72. The fourth-order valence-corrected chi connectivity index (χ4v) is 1.92. The first-order valence-electron chi connectivity index (χ1n) is 5.04. The van der Waals surface area contributed by atoms with E-state index in [1.165, 1.54) is 0 Å². The quantitative estimate of drug-likeness (QED) is 0.823. The largest absolute Gasteiger partial charge is 0.450 e. The molecule has 0 aliphatic rings. The second-order valence-electron chi connectivity index (χ2n) is 3.28. The van der Waals surface area contributed by atoms with Crippen molar-refractivity contribution in [3.05, 3.63) is 28.2 Å². The maximum Gasteiger partial charge on any atom is 0.413 e. The Hall–Kier alpha value is -1.14. The van der Waals surface area contributed by atoms with Crippen molar-refractivity contribution in [2.45, 2.75) is 13.8 Å². The summed E-state index contributed by atoms with van der Waals surface area (Å²) in [6.45, 7) is 4.03. The summed E-state index contributed by atoms with van der Waals surface area (Å²) in [6.07, 6.45) is -0.562. The van der Waals surface area contributed by atoms with Gasteiger partial charge in [0, 0.05) is 4.47 Å². The van der Waals surface area contributed by atoms with E-state index in [0.717, 1.165) is 15.7 Å². The molecule has 1 aromatic carbocycles. The minimum atomic E-state index is -0.562. The van der Waals surface area contributed by atoms with E-state index >= 15 is 0 Å². The van der Waals surface area contributed by atoms with Crippen molar-refractivity contribution in [3.8, 4) is 0 Å². The minimum Gasteiger partial charge on any atom is -0.450 e. The van der Waals surface area contributed by atoms with Gasteiger partial charge in [0.05, 0.1) is 12.3 Å². The van der Waals surface area contributed by atoms with Crippen molar-refractivity contribution < 1.29 is 9.53 Å². The third kappa shape index (κ3) is 4.70. The van der Waals surface area contributed by atoms with E-state index in [-0.39, 0.29) is 5.11 Å². The smallest absolute Gasteiger partial charge is 0.413 e. The summed E-state index contributed by atoms with van der Waals surface area (Å²) < 4.78 is 5.59. The van der Waals surface area contributed by atoms with Gasteiger partial charge in [-0.1, -0.05) is 6.07 Å². The zero-order valence-electron chi connectivity index (χ0n) is 9.54. The van der Waals surface area contributed by atoms with Crippen LogP contribution in [0.4, 0.5) is 10.5 Å². The average Bonchev–Trinajstić information content (AvgIpc) is 2.22. The van der Waals surface area contributed by atoms with E-state index < -0.39 is 6.09 Å². The van der Waals surface area contributed by atoms with Gasteiger partial charge in [0.25, 0.3) is 0 Å². The molecular weight excluding hydrogens is 304 g/mol. The number of carbonyl (C=O) groups is 1. The number of amides is 1. The summed E-state index contributed by atoms with van der Waals surface area (Å²) in [5.74, 6) is 0. The normalized spacial score (nSPS) is 9.59. The van der Waals surface area contributed by atoms with Crippen molar-refractivity contribution in [3.63, 3.8) is 0 Å². The number of anilines is 1. The van der Waals surface area contributed by atoms with Crippen molar-refractivity contribution >= 4 is 45.0 Å². The van der Waals surface area contributed by atoms with Crippen LogP contribution < -0.4 is 10.6 Å². The molecule has 17 heavy (non-hydrogen) atoms. The summed E-state index contributed by atoms with van der Waals surface area (Å²) in [6, 6.07) is 5.77. The molecule has 1 rings (SSSR count). The molecule has 2 N–H and O–H groups in total. The second kappa shape index (κ2) is 6.56. The number of hydrogen-bond donors (Lipinski definition) is 2. The zero-order chi connectivity index (χ0) is 12.8. The third-order valence-electron chi connectivity index (χ3n) is 1.86. The van der Waals surface area contributed by atoms with Crippen LogP contribution in [0.15, 0.2) is 22.7 Å². The first-order chi connectivity index (χ1) is 8.02. The predicted octanol–water partition coefficient (Wildman–Crippen LogP) is 3.20. The molecule has 0 unspecified atom stereocenters. The van der Waals surface area contributed by atoms with E-state index in [1.54, 1.807) is 6.92 Å². The van der Waals surface area contributed by atoms with Crippen LogP contribution in [0.1, 0.15) is 12.5 Å². The average molecular weight is 317 g/mol. The number of benzene rings is 1. The number of hydrogen-bond acceptors (Lipinski definition) is 3. The van der Waals surface area contributed by atoms with E-state index in [4.69, 9.17) is 17.0 Å². The summed E-state index contributed by atoms with van der Waals surface area (Å²) >= 11 is 8.38. The Labute approximate surface area is 114 Å². The lowest BCUT2D eigenvalue weighted by Gasteiger charge is -2.11. The van der Waals surface area contributed by atoms with Crippen LogP contribution in [0.2, 0.25) is 0 Å². The number of halogens is 1. The highest BCUT2D eigenvalue weighted by atomic mass is 79.9. The van der Waals surface area contributed by atoms with Crippen LogP contribution in [-0.4, -0.2) is 17.8 Å². The fraction of sp³-hybridized carbons (Fsp3) is 0.273. The van der Waals surface area contributed by atoms with Gasteiger partial charge in [0.2, 0.25) is 0 Å². The van der Waals surface area contributed by atoms with Crippen LogP contribution in [0.3, 0.4) is 0 Å². The number of thiocarbonyl (C=S) groups is 1. The van der Waals surface area contributed by atoms with Gasteiger partial charge in [-0.25, -0.2) is 4.79 Å². The van der Waals surface area contributed by atoms with Gasteiger partial charge in [0.1, 0.15) is 0 Å². The summed E-state index contributed by atoms with van der Waals surface area (Å²) in [7, 11) is 0. The van der Waals surface area contributed by atoms with Crippen molar-refractivity contribution in [1.29, 1.82) is 0 Å². The topological polar surface area (TPSA) is 50.4 Å². The summed E-state index contributed by atoms with van der Waals surface area (Å²) in [5.41, 5.74) is 1.92. The van der Waals surface area contributed by atoms with Crippen molar-refractivity contribution in [2.75, 3.05) is 11.9 Å². The molecule has 0 atom stereocenters. The van der Waals surface area contributed by atoms with Gasteiger partial charge in [-0.2, -0.15) is 0 Å². The Balaban J connectivity index is 2.59. The molecule has 0 saturated carbocycles. The highest BCUT2D eigenvalue weighted by Crippen LogP contribution is 2.23. The standard InChI is InChI=1S/C11H13BrN2O2S/c1-3-16-11(15)14-10(17)13-9-5-4-7(2)6-8(9)12/h4-6H,3H2,1-2H3,(H2,13,14,15,17). The van der Waals surface area contributed by atoms with Gasteiger partial charge < -0.3 is 10.1 Å². The van der Waals surface area contributed by atoms with Gasteiger partial charge in [-0.15, -0.1) is 0 Å². The molecule has 0 aliphatic carbocycles. The second-order valence-corrected chi connectivity index (χ2v) is 4.55. The van der Waals surface area contributed by atoms with Gasteiger partial charge in [-0.05, 0) is 59.7 Å². The number of aryl methyl sites for hydroxylation is 1. The molecule has 0 aromatic heterocycles. The Kier molecular flexibility index (Phi) is 5.37. The number of ether oxygens (including phenoxy) is 1. The molecule has 0 radical (unpaired) electrons. The summed E-state index contributed by atoms with van der Waals surface area (Å²) in [4.78, 5) is 11.1. The van der Waals surface area contributed by atoms with E-state index in [0.29, 0.717) is 6.61 Å². The Bertz CT molecular complexity index is 437. The van der Waals surface area contributed by atoms with Crippen LogP contribution in [0, 0.1) is 6.92 Å². The van der Waals surface area contributed by atoms with E-state index in [2.05, 4.69) is 26.6 Å². The molecule has 4 nitrogen and oxygen atoms in total. The molecule has 0 aliphatic heterocycles. The molecule has 0 heterocycles. The SMILES string of the molecule is CCOC(=O)NC(=S)Nc1ccc(C)cc1Br. The first-order valence-corrected chi connectivity index (χ1v) is 6.24. The molecular formula is C11H13BrN2O2S. The Morgan fingerprint density at radius 1 is 1.53 bits per heavy atom. The van der Waals surface area contributed by atoms with Crippen LogP contribution in [-0.2, 0) is 4.74 Å². The molecule has 6 heteroatoms. The van der Waals surface area contributed by atoms with Gasteiger partial charge >= 0.3 is 6.09 Å². The first kappa shape index (κ1) is 13.9. The molecule has 1 aromatic rings. The van der Waals surface area contributed by atoms with Gasteiger partial charge in [0.15, 0.2) is 5.11 Å². The lowest BCUT2D eigenvalue weighted by atomic mass is 10.2. The maximum absolute atomic E-state index is 11.1.